The maximum atomic E-state index is 15.6. The normalized spacial score (nSPS) is 13.1. The molecule has 0 bridgehead atoms. The van der Waals surface area contributed by atoms with Gasteiger partial charge in [-0.25, -0.2) is 19.0 Å². The Kier molecular flexibility index (Phi) is 6.05. The second-order valence-corrected chi connectivity index (χ2v) is 9.47. The van der Waals surface area contributed by atoms with Crippen LogP contribution >= 0.6 is 15.9 Å². The average Bonchev–Trinajstić information content (AvgIpc) is 3.69. The molecule has 0 saturated heterocycles. The van der Waals surface area contributed by atoms with Crippen LogP contribution in [0, 0.1) is 5.82 Å². The monoisotopic (exact) mass is 551 g/mol. The maximum absolute atomic E-state index is 15.6. The van der Waals surface area contributed by atoms with Gasteiger partial charge in [0.2, 0.25) is 5.43 Å². The molecule has 2 heterocycles. The second-order valence-electron chi connectivity index (χ2n) is 8.56. The van der Waals surface area contributed by atoms with E-state index >= 15 is 4.39 Å². The van der Waals surface area contributed by atoms with Gasteiger partial charge in [-0.3, -0.25) is 4.79 Å². The first-order chi connectivity index (χ1) is 17.2. The first-order valence-corrected chi connectivity index (χ1v) is 11.8. The van der Waals surface area contributed by atoms with E-state index in [4.69, 9.17) is 0 Å². The molecule has 36 heavy (non-hydrogen) atoms. The van der Waals surface area contributed by atoms with E-state index in [1.54, 1.807) is 46.0 Å². The lowest BCUT2D eigenvalue weighted by molar-refractivity contribution is 0.0685. The van der Waals surface area contributed by atoms with E-state index in [0.717, 1.165) is 23.4 Å². The van der Waals surface area contributed by atoms with Gasteiger partial charge in [0.1, 0.15) is 17.2 Å². The fourth-order valence-corrected chi connectivity index (χ4v) is 4.36. The predicted molar refractivity (Wildman–Crippen MR) is 135 cm³/mol. The summed E-state index contributed by atoms with van der Waals surface area (Å²) in [5.41, 5.74) is 0.296. The number of halogens is 2. The zero-order valence-corrected chi connectivity index (χ0v) is 20.3. The number of rotatable bonds is 7. The summed E-state index contributed by atoms with van der Waals surface area (Å²) < 4.78 is 18.1. The molecule has 1 aliphatic rings. The summed E-state index contributed by atoms with van der Waals surface area (Å²) in [6.45, 7) is 0.165. The molecule has 0 spiro atoms. The highest BCUT2D eigenvalue weighted by Gasteiger charge is 2.28. The lowest BCUT2D eigenvalue weighted by atomic mass is 10.1. The molecule has 4 aromatic rings. The number of carboxylic acids is 2. The molecular formula is C26H19BrFN3O5. The number of nitrogens with zero attached hydrogens (tertiary/aromatic N) is 3. The number of fused-ring (bicyclic) bond motifs is 1. The van der Waals surface area contributed by atoms with Crippen molar-refractivity contribution in [3.05, 3.63) is 98.1 Å². The van der Waals surface area contributed by atoms with E-state index in [1.165, 1.54) is 18.3 Å². The van der Waals surface area contributed by atoms with Crippen molar-refractivity contribution in [1.82, 2.24) is 9.55 Å². The molecule has 2 aromatic carbocycles. The van der Waals surface area contributed by atoms with Crippen molar-refractivity contribution in [2.45, 2.75) is 25.4 Å². The number of hydrogen-bond acceptors (Lipinski definition) is 5. The Bertz CT molecular complexity index is 1560. The first-order valence-electron chi connectivity index (χ1n) is 11.1. The van der Waals surface area contributed by atoms with Gasteiger partial charge < -0.3 is 19.7 Å². The molecule has 1 fully saturated rings. The van der Waals surface area contributed by atoms with E-state index in [1.807, 2.05) is 0 Å². The van der Waals surface area contributed by atoms with Gasteiger partial charge in [-0.2, -0.15) is 0 Å². The van der Waals surface area contributed by atoms with Crippen molar-refractivity contribution < 1.29 is 24.2 Å². The molecule has 0 aliphatic heterocycles. The van der Waals surface area contributed by atoms with E-state index in [9.17, 15) is 24.6 Å². The van der Waals surface area contributed by atoms with Crippen molar-refractivity contribution in [3.63, 3.8) is 0 Å². The van der Waals surface area contributed by atoms with E-state index < -0.39 is 28.7 Å². The fourth-order valence-electron chi connectivity index (χ4n) is 4.13. The largest absolute Gasteiger partial charge is 0.478 e. The van der Waals surface area contributed by atoms with Gasteiger partial charge >= 0.3 is 11.9 Å². The smallest absolute Gasteiger partial charge is 0.341 e. The molecule has 2 N–H and O–H groups in total. The number of pyridine rings is 2. The minimum atomic E-state index is -1.36. The Balaban J connectivity index is 1.68. The fraction of sp³-hybridized carbons (Fsp3) is 0.154. The summed E-state index contributed by atoms with van der Waals surface area (Å²) in [7, 11) is 0. The zero-order chi connectivity index (χ0) is 25.6. The number of benzene rings is 2. The molecule has 10 heteroatoms. The SMILES string of the molecule is O=C(O)c1ccc(CN(c2ccc(Br)cn2)c2cc3c(cc2F)c(=O)c(C(=O)O)cn3C2CC2)cc1. The minimum absolute atomic E-state index is 0.00224. The first kappa shape index (κ1) is 23.7. The van der Waals surface area contributed by atoms with Crippen LogP contribution in [-0.4, -0.2) is 31.7 Å². The van der Waals surface area contributed by atoms with E-state index in [2.05, 4.69) is 20.9 Å². The van der Waals surface area contributed by atoms with Crippen molar-refractivity contribution in [2.24, 2.45) is 0 Å². The number of aromatic nitrogens is 2. The Morgan fingerprint density at radius 2 is 1.81 bits per heavy atom. The number of aromatic carboxylic acids is 2. The van der Waals surface area contributed by atoms with Crippen LogP contribution in [-0.2, 0) is 6.54 Å². The molecule has 2 aromatic heterocycles. The Morgan fingerprint density at radius 3 is 2.39 bits per heavy atom. The van der Waals surface area contributed by atoms with Gasteiger partial charge in [0.25, 0.3) is 0 Å². The number of hydrogen-bond donors (Lipinski definition) is 2. The zero-order valence-electron chi connectivity index (χ0n) is 18.7. The molecule has 5 rings (SSSR count). The Morgan fingerprint density at radius 1 is 1.08 bits per heavy atom. The molecule has 1 aliphatic carbocycles. The maximum Gasteiger partial charge on any atom is 0.341 e. The number of carboxylic acid groups (broad SMARTS) is 2. The average molecular weight is 552 g/mol. The van der Waals surface area contributed by atoms with Crippen LogP contribution in [0.3, 0.4) is 0 Å². The Labute approximate surface area is 212 Å². The molecule has 0 amide bonds. The number of carbonyl (C=O) groups is 2. The van der Waals surface area contributed by atoms with E-state index in [0.29, 0.717) is 16.9 Å². The van der Waals surface area contributed by atoms with Gasteiger partial charge in [-0.05, 0) is 70.7 Å². The lowest BCUT2D eigenvalue weighted by Gasteiger charge is -2.25. The second kappa shape index (κ2) is 9.19. The van der Waals surface area contributed by atoms with Crippen LogP contribution < -0.4 is 10.3 Å². The van der Waals surface area contributed by atoms with Crippen LogP contribution in [0.1, 0.15) is 45.2 Å². The summed E-state index contributed by atoms with van der Waals surface area (Å²) in [6, 6.07) is 12.4. The topological polar surface area (TPSA) is 113 Å². The number of anilines is 2. The molecule has 1 saturated carbocycles. The van der Waals surface area contributed by atoms with Crippen molar-refractivity contribution in [3.8, 4) is 0 Å². The van der Waals surface area contributed by atoms with Gasteiger partial charge in [0, 0.05) is 34.8 Å². The molecule has 182 valence electrons. The highest BCUT2D eigenvalue weighted by Crippen LogP contribution is 2.39. The van der Waals surface area contributed by atoms with Crippen LogP contribution in [0.2, 0.25) is 0 Å². The summed E-state index contributed by atoms with van der Waals surface area (Å²) in [4.78, 5) is 41.8. The quantitative estimate of drug-likeness (QED) is 0.317. The van der Waals surface area contributed by atoms with Gasteiger partial charge in [-0.15, -0.1) is 0 Å². The highest BCUT2D eigenvalue weighted by atomic mass is 79.9. The van der Waals surface area contributed by atoms with Gasteiger partial charge in [-0.1, -0.05) is 12.1 Å². The molecule has 0 unspecified atom stereocenters. The van der Waals surface area contributed by atoms with Crippen molar-refractivity contribution >= 4 is 50.3 Å². The van der Waals surface area contributed by atoms with Gasteiger partial charge in [0.15, 0.2) is 0 Å². The van der Waals surface area contributed by atoms with Crippen LogP contribution in [0.25, 0.3) is 10.9 Å². The minimum Gasteiger partial charge on any atom is -0.478 e. The molecular weight excluding hydrogens is 533 g/mol. The molecule has 8 nitrogen and oxygen atoms in total. The standard InChI is InChI=1S/C26H19BrFN3O5/c27-16-5-8-23(29-11-16)31(12-14-1-3-15(4-2-14)25(33)34)22-10-21-18(9-20(22)28)24(32)19(26(35)36)13-30(21)17-6-7-17/h1-5,8-11,13,17H,6-7,12H2,(H,33,34)(H,35,36). The van der Waals surface area contributed by atoms with Gasteiger partial charge in [0.05, 0.1) is 16.8 Å². The third-order valence-electron chi connectivity index (χ3n) is 6.09. The summed E-state index contributed by atoms with van der Waals surface area (Å²) in [5, 5.41) is 18.7. The summed E-state index contributed by atoms with van der Waals surface area (Å²) >= 11 is 3.35. The van der Waals surface area contributed by atoms with Crippen molar-refractivity contribution in [1.29, 1.82) is 0 Å². The van der Waals surface area contributed by atoms with Crippen LogP contribution in [0.15, 0.2) is 70.2 Å². The van der Waals surface area contributed by atoms with Crippen LogP contribution in [0.4, 0.5) is 15.9 Å². The van der Waals surface area contributed by atoms with Crippen LogP contribution in [0.5, 0.6) is 0 Å². The van der Waals surface area contributed by atoms with E-state index in [-0.39, 0.29) is 29.2 Å². The Hall–Kier alpha value is -4.05. The molecule has 0 radical (unpaired) electrons. The highest BCUT2D eigenvalue weighted by molar-refractivity contribution is 9.10. The van der Waals surface area contributed by atoms with Crippen molar-refractivity contribution in [2.75, 3.05) is 4.90 Å². The summed E-state index contributed by atoms with van der Waals surface area (Å²) in [5.74, 6) is -2.68. The summed E-state index contributed by atoms with van der Waals surface area (Å²) in [6.07, 6.45) is 4.57. The third-order valence-corrected chi connectivity index (χ3v) is 6.56. The lowest BCUT2D eigenvalue weighted by Crippen LogP contribution is -2.22. The third kappa shape index (κ3) is 4.47. The molecule has 0 atom stereocenters. The predicted octanol–water partition coefficient (Wildman–Crippen LogP) is 5.37.